The first-order valence-electron chi connectivity index (χ1n) is 3.55. The van der Waals surface area contributed by atoms with Crippen LogP contribution in [0.3, 0.4) is 0 Å². The van der Waals surface area contributed by atoms with Crippen molar-refractivity contribution in [3.05, 3.63) is 23.2 Å². The summed E-state index contributed by atoms with van der Waals surface area (Å²) in [6.07, 6.45) is 0. The molecule has 0 fully saturated rings. The predicted molar refractivity (Wildman–Crippen MR) is 50.4 cm³/mol. The minimum Gasteiger partial charge on any atom is -0.301 e. The summed E-state index contributed by atoms with van der Waals surface area (Å²) in [4.78, 5) is 15.9. The van der Waals surface area contributed by atoms with E-state index in [0.29, 0.717) is 16.1 Å². The number of carbonyl (C=O) groups is 1. The maximum absolute atomic E-state index is 10.5. The third-order valence-electron chi connectivity index (χ3n) is 1.54. The van der Waals surface area contributed by atoms with Gasteiger partial charge in [-0.1, -0.05) is 16.4 Å². The Labute approximate surface area is 88.1 Å². The molecule has 0 aliphatic rings. The fraction of sp³-hybridized carbons (Fsp3) is 0. The lowest BCUT2D eigenvalue weighted by molar-refractivity contribution is 0.144. The minimum absolute atomic E-state index is 0.478. The van der Waals surface area contributed by atoms with Crippen molar-refractivity contribution >= 4 is 39.7 Å². The third-order valence-corrected chi connectivity index (χ3v) is 1.84. The molecule has 0 aliphatic heterocycles. The fourth-order valence-electron chi connectivity index (χ4n) is 1.01. The second-order valence-electron chi connectivity index (χ2n) is 2.42. The van der Waals surface area contributed by atoms with E-state index in [2.05, 4.69) is 15.1 Å². The fourth-order valence-corrected chi connectivity index (χ4v) is 1.24. The van der Waals surface area contributed by atoms with E-state index in [1.807, 2.05) is 0 Å². The van der Waals surface area contributed by atoms with Gasteiger partial charge in [0.05, 0.1) is 0 Å². The normalized spacial score (nSPS) is 10.4. The molecule has 0 spiro atoms. The van der Waals surface area contributed by atoms with Crippen LogP contribution in [-0.4, -0.2) is 20.6 Å². The number of aromatic nitrogens is 3. The highest BCUT2D eigenvalue weighted by Gasteiger charge is 2.08. The Kier molecular flexibility index (Phi) is 2.26. The van der Waals surface area contributed by atoms with Gasteiger partial charge < -0.3 is 4.84 Å². The summed E-state index contributed by atoms with van der Waals surface area (Å²) in [5.74, 6) is 0. The zero-order valence-corrected chi connectivity index (χ0v) is 8.16. The number of rotatable bonds is 1. The van der Waals surface area contributed by atoms with Gasteiger partial charge >= 0.3 is 5.43 Å². The Hall–Kier alpha value is -1.33. The molecule has 14 heavy (non-hydrogen) atoms. The highest BCUT2D eigenvalue weighted by Crippen LogP contribution is 2.16. The maximum Gasteiger partial charge on any atom is 0.429 e. The maximum atomic E-state index is 10.5. The SMILES string of the molecule is O=C(Cl)On1nnc2ccc(Cl)cc21. The van der Waals surface area contributed by atoms with Gasteiger partial charge in [0.2, 0.25) is 0 Å². The summed E-state index contributed by atoms with van der Waals surface area (Å²) >= 11 is 10.8. The molecule has 0 unspecified atom stereocenters. The molecule has 2 aromatic rings. The molecule has 0 saturated heterocycles. The van der Waals surface area contributed by atoms with E-state index >= 15 is 0 Å². The van der Waals surface area contributed by atoms with Gasteiger partial charge in [0.1, 0.15) is 11.0 Å². The van der Waals surface area contributed by atoms with Crippen LogP contribution in [0.4, 0.5) is 4.79 Å². The summed E-state index contributed by atoms with van der Waals surface area (Å²) in [5.41, 5.74) is 0.0515. The van der Waals surface area contributed by atoms with Crippen LogP contribution in [0.25, 0.3) is 11.0 Å². The van der Waals surface area contributed by atoms with Crippen LogP contribution in [0.1, 0.15) is 0 Å². The molecule has 1 aromatic carbocycles. The molecule has 0 radical (unpaired) electrons. The van der Waals surface area contributed by atoms with Crippen LogP contribution in [0.2, 0.25) is 5.02 Å². The molecule has 5 nitrogen and oxygen atoms in total. The summed E-state index contributed by atoms with van der Waals surface area (Å²) in [7, 11) is 0. The van der Waals surface area contributed by atoms with Gasteiger partial charge in [0.15, 0.2) is 0 Å². The topological polar surface area (TPSA) is 57.0 Å². The van der Waals surface area contributed by atoms with Crippen molar-refractivity contribution in [2.24, 2.45) is 0 Å². The second-order valence-corrected chi connectivity index (χ2v) is 3.17. The van der Waals surface area contributed by atoms with E-state index < -0.39 is 5.43 Å². The Bertz CT molecular complexity index is 497. The molecule has 7 heteroatoms. The smallest absolute Gasteiger partial charge is 0.301 e. The van der Waals surface area contributed by atoms with Crippen molar-refractivity contribution in [3.63, 3.8) is 0 Å². The number of hydrogen-bond donors (Lipinski definition) is 0. The Morgan fingerprint density at radius 2 is 2.29 bits per heavy atom. The van der Waals surface area contributed by atoms with E-state index in [9.17, 15) is 4.79 Å². The van der Waals surface area contributed by atoms with E-state index in [4.69, 9.17) is 23.2 Å². The largest absolute Gasteiger partial charge is 0.429 e. The first-order valence-corrected chi connectivity index (χ1v) is 4.31. The minimum atomic E-state index is -0.989. The van der Waals surface area contributed by atoms with Crippen molar-refractivity contribution in [2.75, 3.05) is 0 Å². The van der Waals surface area contributed by atoms with Crippen molar-refractivity contribution < 1.29 is 9.63 Å². The Morgan fingerprint density at radius 1 is 1.50 bits per heavy atom. The van der Waals surface area contributed by atoms with Crippen LogP contribution in [-0.2, 0) is 0 Å². The number of halogens is 2. The molecule has 0 bridgehead atoms. The molecular weight excluding hydrogens is 229 g/mol. The molecule has 0 aliphatic carbocycles. The Balaban J connectivity index is 2.55. The molecule has 1 aromatic heterocycles. The molecule has 2 rings (SSSR count). The molecule has 1 heterocycles. The number of hydrogen-bond acceptors (Lipinski definition) is 4. The highest BCUT2D eigenvalue weighted by atomic mass is 35.5. The summed E-state index contributed by atoms with van der Waals surface area (Å²) < 4.78 is 0. The van der Waals surface area contributed by atoms with Crippen molar-refractivity contribution in [1.82, 2.24) is 15.2 Å². The number of fused-ring (bicyclic) bond motifs is 1. The van der Waals surface area contributed by atoms with Crippen molar-refractivity contribution in [2.45, 2.75) is 0 Å². The van der Waals surface area contributed by atoms with Gasteiger partial charge in [-0.05, 0) is 23.4 Å². The lowest BCUT2D eigenvalue weighted by atomic mass is 10.3. The molecular formula is C7H3Cl2N3O2. The molecule has 0 N–H and O–H groups in total. The third kappa shape index (κ3) is 1.64. The van der Waals surface area contributed by atoms with Crippen molar-refractivity contribution in [3.8, 4) is 0 Å². The van der Waals surface area contributed by atoms with E-state index in [1.165, 1.54) is 0 Å². The molecule has 0 amide bonds. The molecule has 72 valence electrons. The van der Waals surface area contributed by atoms with E-state index in [1.54, 1.807) is 18.2 Å². The average molecular weight is 232 g/mol. The van der Waals surface area contributed by atoms with Gasteiger partial charge in [-0.2, -0.15) is 0 Å². The lowest BCUT2D eigenvalue weighted by Gasteiger charge is -1.97. The first-order chi connectivity index (χ1) is 6.66. The number of nitrogens with zero attached hydrogens (tertiary/aromatic N) is 3. The summed E-state index contributed by atoms with van der Waals surface area (Å²) in [6, 6.07) is 4.88. The standard InChI is InChI=1S/C7H3Cl2N3O2/c8-4-1-2-5-6(3-4)12(11-10-5)14-7(9)13/h1-3H. The summed E-state index contributed by atoms with van der Waals surface area (Å²) in [6.45, 7) is 0. The van der Waals surface area contributed by atoms with Crippen molar-refractivity contribution in [1.29, 1.82) is 0 Å². The number of carbonyl (C=O) groups excluding carboxylic acids is 1. The zero-order valence-electron chi connectivity index (χ0n) is 6.65. The van der Waals surface area contributed by atoms with Gasteiger partial charge in [-0.15, -0.1) is 5.10 Å². The van der Waals surface area contributed by atoms with Gasteiger partial charge in [-0.25, -0.2) is 4.79 Å². The van der Waals surface area contributed by atoms with Gasteiger partial charge in [0.25, 0.3) is 0 Å². The van der Waals surface area contributed by atoms with Crippen LogP contribution in [0.5, 0.6) is 0 Å². The summed E-state index contributed by atoms with van der Waals surface area (Å²) in [5, 5.41) is 7.78. The monoisotopic (exact) mass is 231 g/mol. The second kappa shape index (κ2) is 3.43. The van der Waals surface area contributed by atoms with Crippen LogP contribution in [0, 0.1) is 0 Å². The van der Waals surface area contributed by atoms with Crippen LogP contribution >= 0.6 is 23.2 Å². The zero-order chi connectivity index (χ0) is 10.1. The van der Waals surface area contributed by atoms with E-state index in [0.717, 1.165) is 4.85 Å². The van der Waals surface area contributed by atoms with Gasteiger partial charge in [-0.3, -0.25) is 0 Å². The molecule has 0 saturated carbocycles. The Morgan fingerprint density at radius 3 is 3.00 bits per heavy atom. The molecule has 0 atom stereocenters. The predicted octanol–water partition coefficient (Wildman–Crippen LogP) is 1.87. The van der Waals surface area contributed by atoms with Crippen LogP contribution in [0.15, 0.2) is 18.2 Å². The van der Waals surface area contributed by atoms with Crippen LogP contribution < -0.4 is 4.84 Å². The average Bonchev–Trinajstić information content (AvgIpc) is 2.47. The first kappa shape index (κ1) is 9.23. The highest BCUT2D eigenvalue weighted by molar-refractivity contribution is 6.61. The lowest BCUT2D eigenvalue weighted by Crippen LogP contribution is -2.14. The van der Waals surface area contributed by atoms with Gasteiger partial charge in [0, 0.05) is 16.6 Å². The quantitative estimate of drug-likeness (QED) is 0.556. The van der Waals surface area contributed by atoms with E-state index in [-0.39, 0.29) is 0 Å². The number of benzene rings is 1.